The number of halogens is 3. The van der Waals surface area contributed by atoms with Crippen molar-refractivity contribution < 1.29 is 27.8 Å². The first kappa shape index (κ1) is 19.2. The number of aliphatic hydroxyl groups is 1. The molecule has 0 radical (unpaired) electrons. The third-order valence-electron chi connectivity index (χ3n) is 4.09. The molecule has 2 rings (SSSR count). The fraction of sp³-hybridized carbons (Fsp3) is 0.529. The molecule has 1 aliphatic heterocycles. The van der Waals surface area contributed by atoms with Crippen molar-refractivity contribution in [2.75, 3.05) is 6.61 Å². The summed E-state index contributed by atoms with van der Waals surface area (Å²) in [6.45, 7) is 6.44. The summed E-state index contributed by atoms with van der Waals surface area (Å²) >= 11 is 0. The van der Waals surface area contributed by atoms with Crippen molar-refractivity contribution >= 4 is 11.6 Å². The maximum atomic E-state index is 13.2. The van der Waals surface area contributed by atoms with Crippen LogP contribution in [0.1, 0.15) is 36.5 Å². The first-order valence-corrected chi connectivity index (χ1v) is 7.88. The van der Waals surface area contributed by atoms with E-state index in [1.54, 1.807) is 20.8 Å². The Balaban J connectivity index is 2.21. The van der Waals surface area contributed by atoms with Gasteiger partial charge >= 0.3 is 6.18 Å². The van der Waals surface area contributed by atoms with Crippen LogP contribution in [0.25, 0.3) is 0 Å². The zero-order valence-corrected chi connectivity index (χ0v) is 14.6. The third-order valence-corrected chi connectivity index (χ3v) is 4.09. The number of amides is 1. The standard InChI is InChI=1S/C17H21F3N2O3/c1-5-13-8-16(24,17(18,19)20)22(21-13)14(23)9-25-15-11(3)6-10(2)7-12(15)4/h6-7,24H,5,8-9H2,1-4H3/t16-/m1/s1. The van der Waals surface area contributed by atoms with Crippen LogP contribution in [0.5, 0.6) is 5.75 Å². The molecule has 1 aromatic carbocycles. The van der Waals surface area contributed by atoms with Gasteiger partial charge < -0.3 is 9.84 Å². The summed E-state index contributed by atoms with van der Waals surface area (Å²) in [6, 6.07) is 3.70. The molecule has 0 bridgehead atoms. The summed E-state index contributed by atoms with van der Waals surface area (Å²) in [5.41, 5.74) is -0.658. The average Bonchev–Trinajstić information content (AvgIpc) is 2.84. The lowest BCUT2D eigenvalue weighted by Crippen LogP contribution is -2.57. The highest BCUT2D eigenvalue weighted by atomic mass is 19.4. The normalized spacial score (nSPS) is 20.6. The van der Waals surface area contributed by atoms with E-state index in [0.29, 0.717) is 5.75 Å². The Morgan fingerprint density at radius 2 is 1.88 bits per heavy atom. The van der Waals surface area contributed by atoms with Gasteiger partial charge in [-0.15, -0.1) is 0 Å². The molecule has 1 amide bonds. The summed E-state index contributed by atoms with van der Waals surface area (Å²) in [7, 11) is 0. The van der Waals surface area contributed by atoms with Gasteiger partial charge in [0.05, 0.1) is 0 Å². The number of hydrogen-bond acceptors (Lipinski definition) is 4. The lowest BCUT2D eigenvalue weighted by Gasteiger charge is -2.32. The Bertz CT molecular complexity index is 693. The number of carbonyl (C=O) groups excluding carboxylic acids is 1. The lowest BCUT2D eigenvalue weighted by molar-refractivity contribution is -0.302. The number of hydrazone groups is 1. The molecule has 1 N–H and O–H groups in total. The van der Waals surface area contributed by atoms with Gasteiger partial charge in [0.25, 0.3) is 11.6 Å². The van der Waals surface area contributed by atoms with Gasteiger partial charge in [0.1, 0.15) is 5.75 Å². The second kappa shape index (κ2) is 6.67. The second-order valence-corrected chi connectivity index (χ2v) is 6.23. The molecular weight excluding hydrogens is 337 g/mol. The first-order valence-electron chi connectivity index (χ1n) is 7.88. The fourth-order valence-corrected chi connectivity index (χ4v) is 2.89. The van der Waals surface area contributed by atoms with E-state index in [0.717, 1.165) is 16.7 Å². The minimum atomic E-state index is -5.02. The summed E-state index contributed by atoms with van der Waals surface area (Å²) in [6.07, 6.45) is -5.56. The Morgan fingerprint density at radius 1 is 1.32 bits per heavy atom. The van der Waals surface area contributed by atoms with Gasteiger partial charge in [0.15, 0.2) is 6.61 Å². The summed E-state index contributed by atoms with van der Waals surface area (Å²) in [5.74, 6) is -0.615. The van der Waals surface area contributed by atoms with E-state index in [2.05, 4.69) is 5.10 Å². The SMILES string of the molecule is CCC1=NN(C(=O)COc2c(C)cc(C)cc2C)[C@](O)(C(F)(F)F)C1. The van der Waals surface area contributed by atoms with Gasteiger partial charge in [-0.3, -0.25) is 4.79 Å². The Labute approximate surface area is 144 Å². The highest BCUT2D eigenvalue weighted by Gasteiger charge is 2.62. The molecule has 5 nitrogen and oxygen atoms in total. The van der Waals surface area contributed by atoms with Crippen LogP contribution in [0.2, 0.25) is 0 Å². The molecule has 25 heavy (non-hydrogen) atoms. The van der Waals surface area contributed by atoms with Crippen LogP contribution in [-0.4, -0.2) is 40.2 Å². The maximum Gasteiger partial charge on any atom is 0.438 e. The molecule has 0 aliphatic carbocycles. The molecule has 0 aromatic heterocycles. The minimum absolute atomic E-state index is 0.102. The molecule has 0 spiro atoms. The molecule has 1 aliphatic rings. The quantitative estimate of drug-likeness (QED) is 0.899. The number of hydrogen-bond donors (Lipinski definition) is 1. The molecule has 0 fully saturated rings. The number of alkyl halides is 3. The highest BCUT2D eigenvalue weighted by Crippen LogP contribution is 2.40. The molecular formula is C17H21F3N2O3. The average molecular weight is 358 g/mol. The van der Waals surface area contributed by atoms with E-state index in [1.807, 2.05) is 19.1 Å². The Morgan fingerprint density at radius 3 is 2.36 bits per heavy atom. The van der Waals surface area contributed by atoms with Crippen molar-refractivity contribution in [3.63, 3.8) is 0 Å². The molecule has 1 atom stereocenters. The predicted molar refractivity (Wildman–Crippen MR) is 86.3 cm³/mol. The number of ether oxygens (including phenoxy) is 1. The number of benzene rings is 1. The molecule has 0 saturated heterocycles. The van der Waals surface area contributed by atoms with Crippen molar-refractivity contribution in [3.05, 3.63) is 28.8 Å². The smallest absolute Gasteiger partial charge is 0.438 e. The molecule has 138 valence electrons. The van der Waals surface area contributed by atoms with Crippen molar-refractivity contribution in [3.8, 4) is 5.75 Å². The summed E-state index contributed by atoms with van der Waals surface area (Å²) in [4.78, 5) is 12.3. The van der Waals surface area contributed by atoms with Gasteiger partial charge in [-0.05, 0) is 38.3 Å². The van der Waals surface area contributed by atoms with E-state index < -0.39 is 30.8 Å². The minimum Gasteiger partial charge on any atom is -0.483 e. The molecule has 8 heteroatoms. The van der Waals surface area contributed by atoms with Crippen LogP contribution < -0.4 is 4.74 Å². The van der Waals surface area contributed by atoms with Crippen LogP contribution in [0.4, 0.5) is 13.2 Å². The lowest BCUT2D eigenvalue weighted by atomic mass is 10.1. The topological polar surface area (TPSA) is 62.1 Å². The Hall–Kier alpha value is -2.09. The van der Waals surface area contributed by atoms with Crippen molar-refractivity contribution in [1.29, 1.82) is 0 Å². The van der Waals surface area contributed by atoms with Crippen molar-refractivity contribution in [1.82, 2.24) is 5.01 Å². The Kier molecular flexibility index (Phi) is 5.13. The first-order chi connectivity index (χ1) is 11.5. The zero-order chi connectivity index (χ0) is 19.0. The zero-order valence-electron chi connectivity index (χ0n) is 14.6. The maximum absolute atomic E-state index is 13.2. The van der Waals surface area contributed by atoms with Gasteiger partial charge in [0.2, 0.25) is 0 Å². The summed E-state index contributed by atoms with van der Waals surface area (Å²) < 4.78 is 45.2. The molecule has 1 aromatic rings. The van der Waals surface area contributed by atoms with Gasteiger partial charge in [-0.1, -0.05) is 24.6 Å². The third kappa shape index (κ3) is 3.63. The molecule has 1 heterocycles. The van der Waals surface area contributed by atoms with E-state index in [4.69, 9.17) is 4.74 Å². The van der Waals surface area contributed by atoms with E-state index in [1.165, 1.54) is 0 Å². The van der Waals surface area contributed by atoms with Crippen LogP contribution in [0, 0.1) is 20.8 Å². The predicted octanol–water partition coefficient (Wildman–Crippen LogP) is 3.24. The van der Waals surface area contributed by atoms with Gasteiger partial charge in [-0.2, -0.15) is 23.3 Å². The summed E-state index contributed by atoms with van der Waals surface area (Å²) in [5, 5.41) is 13.8. The number of nitrogens with zero attached hydrogens (tertiary/aromatic N) is 2. The number of rotatable bonds is 4. The second-order valence-electron chi connectivity index (χ2n) is 6.23. The number of aryl methyl sites for hydroxylation is 3. The van der Waals surface area contributed by atoms with E-state index in [9.17, 15) is 23.1 Å². The van der Waals surface area contributed by atoms with Crippen molar-refractivity contribution in [2.24, 2.45) is 5.10 Å². The fourth-order valence-electron chi connectivity index (χ4n) is 2.89. The van der Waals surface area contributed by atoms with Crippen LogP contribution >= 0.6 is 0 Å². The van der Waals surface area contributed by atoms with Gasteiger partial charge in [0, 0.05) is 12.1 Å². The van der Waals surface area contributed by atoms with Gasteiger partial charge in [-0.25, -0.2) is 0 Å². The van der Waals surface area contributed by atoms with Crippen LogP contribution in [0.15, 0.2) is 17.2 Å². The van der Waals surface area contributed by atoms with E-state index >= 15 is 0 Å². The number of carbonyl (C=O) groups is 1. The van der Waals surface area contributed by atoms with Crippen LogP contribution in [-0.2, 0) is 4.79 Å². The largest absolute Gasteiger partial charge is 0.483 e. The van der Waals surface area contributed by atoms with Crippen molar-refractivity contribution in [2.45, 2.75) is 52.4 Å². The van der Waals surface area contributed by atoms with E-state index in [-0.39, 0.29) is 17.1 Å². The van der Waals surface area contributed by atoms with Crippen LogP contribution in [0.3, 0.4) is 0 Å². The highest BCUT2D eigenvalue weighted by molar-refractivity contribution is 5.91. The monoisotopic (exact) mass is 358 g/mol. The molecule has 0 saturated carbocycles. The molecule has 0 unspecified atom stereocenters.